The first-order valence-corrected chi connectivity index (χ1v) is 7.22. The molecule has 0 aromatic rings. The van der Waals surface area contributed by atoms with Gasteiger partial charge in [-0.25, -0.2) is 8.42 Å². The maximum atomic E-state index is 11.8. The smallest absolute Gasteiger partial charge is 0.253 e. The van der Waals surface area contributed by atoms with Gasteiger partial charge in [0.25, 0.3) is 2.21 Å². The van der Waals surface area contributed by atoms with Crippen LogP contribution in [0.1, 0.15) is 27.7 Å². The first kappa shape index (κ1) is 14.6. The van der Waals surface area contributed by atoms with Crippen LogP contribution in [0.25, 0.3) is 0 Å². The molecule has 14 heavy (non-hydrogen) atoms. The van der Waals surface area contributed by atoms with E-state index in [-0.39, 0.29) is 5.75 Å². The van der Waals surface area contributed by atoms with E-state index in [1.54, 1.807) is 20.8 Å². The summed E-state index contributed by atoms with van der Waals surface area (Å²) in [7, 11) is -3.58. The Bertz CT molecular complexity index is 327. The Morgan fingerprint density at radius 1 is 1.36 bits per heavy atom. The Kier molecular flexibility index (Phi) is 4.45. The molecular weight excluding hydrogens is 339 g/mol. The van der Waals surface area contributed by atoms with Crippen LogP contribution in [-0.2, 0) is 14.6 Å². The van der Waals surface area contributed by atoms with E-state index in [1.807, 2.05) is 0 Å². The molecule has 0 aliphatic carbocycles. The number of hydrogen-bond acceptors (Lipinski definition) is 3. The highest BCUT2D eigenvalue weighted by Crippen LogP contribution is 2.38. The van der Waals surface area contributed by atoms with Gasteiger partial charge in [0.2, 0.25) is 0 Å². The molecule has 0 aromatic carbocycles. The lowest BCUT2D eigenvalue weighted by molar-refractivity contribution is -0.124. The number of hydrogen-bond donors (Lipinski definition) is 0. The van der Waals surface area contributed by atoms with Crippen molar-refractivity contribution in [2.45, 2.75) is 29.9 Å². The second-order valence-corrected chi connectivity index (χ2v) is 10.2. The Hall–Kier alpha value is 0.640. The van der Waals surface area contributed by atoms with E-state index in [4.69, 9.17) is 11.6 Å². The van der Waals surface area contributed by atoms with Crippen molar-refractivity contribution in [3.8, 4) is 0 Å². The quantitative estimate of drug-likeness (QED) is 0.579. The normalized spacial score (nSPS) is 17.6. The maximum absolute atomic E-state index is 11.8. The highest BCUT2D eigenvalue weighted by molar-refractivity contribution is 14.1. The van der Waals surface area contributed by atoms with Gasteiger partial charge in [-0.3, -0.25) is 4.79 Å². The van der Waals surface area contributed by atoms with Gasteiger partial charge in [0, 0.05) is 5.41 Å². The third-order valence-electron chi connectivity index (χ3n) is 1.72. The number of rotatable bonds is 3. The summed E-state index contributed by atoms with van der Waals surface area (Å²) in [6.45, 7) is 6.42. The minimum absolute atomic E-state index is 0.138. The third-order valence-corrected chi connectivity index (χ3v) is 6.82. The first-order valence-electron chi connectivity index (χ1n) is 4.12. The lowest BCUT2D eigenvalue weighted by atomic mass is 9.92. The zero-order valence-electron chi connectivity index (χ0n) is 8.60. The van der Waals surface area contributed by atoms with Crippen molar-refractivity contribution >= 4 is 49.8 Å². The van der Waals surface area contributed by atoms with E-state index in [0.29, 0.717) is 0 Å². The van der Waals surface area contributed by atoms with E-state index >= 15 is 0 Å². The van der Waals surface area contributed by atoms with E-state index in [2.05, 4.69) is 0 Å². The Morgan fingerprint density at radius 3 is 1.93 bits per heavy atom. The number of carbonyl (C=O) groups is 1. The molecule has 0 aromatic heterocycles. The van der Waals surface area contributed by atoms with Gasteiger partial charge < -0.3 is 0 Å². The molecule has 1 atom stereocenters. The highest BCUT2D eigenvalue weighted by Gasteiger charge is 2.49. The Labute approximate surface area is 104 Å². The van der Waals surface area contributed by atoms with E-state index in [1.165, 1.54) is 29.5 Å². The molecule has 0 bridgehead atoms. The number of sulfone groups is 1. The number of Topliss-reactive ketones (excluding diaryl/α,β-unsaturated/α-hetero) is 1. The van der Waals surface area contributed by atoms with E-state index < -0.39 is 23.2 Å². The third kappa shape index (κ3) is 2.82. The predicted molar refractivity (Wildman–Crippen MR) is 66.5 cm³/mol. The molecule has 0 heterocycles. The van der Waals surface area contributed by atoms with Gasteiger partial charge in [0.1, 0.15) is 0 Å². The molecule has 0 rings (SSSR count). The van der Waals surface area contributed by atoms with Crippen LogP contribution in [0.15, 0.2) is 0 Å². The molecule has 0 spiro atoms. The summed E-state index contributed by atoms with van der Waals surface area (Å²) in [4.78, 5) is 11.8. The second-order valence-electron chi connectivity index (χ2n) is 4.00. The monoisotopic (exact) mass is 352 g/mol. The van der Waals surface area contributed by atoms with Crippen molar-refractivity contribution in [2.24, 2.45) is 5.41 Å². The molecule has 0 saturated carbocycles. The van der Waals surface area contributed by atoms with Crippen LogP contribution in [0, 0.1) is 5.41 Å². The molecule has 6 heteroatoms. The predicted octanol–water partition coefficient (Wildman–Crippen LogP) is 2.36. The van der Waals surface area contributed by atoms with Crippen molar-refractivity contribution in [1.29, 1.82) is 0 Å². The van der Waals surface area contributed by atoms with Gasteiger partial charge in [0.15, 0.2) is 15.6 Å². The largest absolute Gasteiger partial charge is 0.295 e. The topological polar surface area (TPSA) is 51.2 Å². The van der Waals surface area contributed by atoms with Gasteiger partial charge in [-0.05, 0) is 22.6 Å². The summed E-state index contributed by atoms with van der Waals surface area (Å²) in [5, 5.41) is 0. The summed E-state index contributed by atoms with van der Waals surface area (Å²) < 4.78 is 21.3. The fourth-order valence-electron chi connectivity index (χ4n) is 0.759. The van der Waals surface area contributed by atoms with E-state index in [9.17, 15) is 13.2 Å². The summed E-state index contributed by atoms with van der Waals surface area (Å²) in [6.07, 6.45) is 0. The van der Waals surface area contributed by atoms with Crippen molar-refractivity contribution in [3.63, 3.8) is 0 Å². The zero-order valence-corrected chi connectivity index (χ0v) is 12.3. The first-order chi connectivity index (χ1) is 5.97. The lowest BCUT2D eigenvalue weighted by Gasteiger charge is -2.26. The minimum atomic E-state index is -3.58. The molecular formula is C8H14ClIO3S. The fraction of sp³-hybridized carbons (Fsp3) is 0.875. The molecule has 0 amide bonds. The summed E-state index contributed by atoms with van der Waals surface area (Å²) >= 11 is 7.31. The van der Waals surface area contributed by atoms with Crippen LogP contribution in [0.5, 0.6) is 0 Å². The van der Waals surface area contributed by atoms with Gasteiger partial charge in [-0.15, -0.1) is 0 Å². The molecule has 84 valence electrons. The molecule has 0 saturated heterocycles. The Morgan fingerprint density at radius 2 is 1.71 bits per heavy atom. The van der Waals surface area contributed by atoms with Crippen molar-refractivity contribution in [3.05, 3.63) is 0 Å². The summed E-state index contributed by atoms with van der Waals surface area (Å²) in [5.41, 5.74) is -0.759. The van der Waals surface area contributed by atoms with Crippen LogP contribution >= 0.6 is 34.2 Å². The summed E-state index contributed by atoms with van der Waals surface area (Å²) in [5.74, 6) is -0.615. The maximum Gasteiger partial charge on any atom is 0.253 e. The van der Waals surface area contributed by atoms with Gasteiger partial charge in [-0.2, -0.15) is 0 Å². The van der Waals surface area contributed by atoms with Crippen molar-refractivity contribution < 1.29 is 13.2 Å². The SMILES string of the molecule is CCS(=O)(=O)C(Cl)(I)C(=O)C(C)(C)C. The standard InChI is InChI=1S/C8H14ClIO3S/c1-5-14(12,13)8(9,10)6(11)7(2,3)4/h5H2,1-4H3. The van der Waals surface area contributed by atoms with Gasteiger partial charge in [0.05, 0.1) is 5.75 Å². The second kappa shape index (κ2) is 4.25. The molecule has 0 N–H and O–H groups in total. The van der Waals surface area contributed by atoms with E-state index in [0.717, 1.165) is 0 Å². The Balaban J connectivity index is 5.30. The molecule has 0 aliphatic rings. The molecule has 0 aliphatic heterocycles. The highest BCUT2D eigenvalue weighted by atomic mass is 127. The van der Waals surface area contributed by atoms with Crippen molar-refractivity contribution in [1.82, 2.24) is 0 Å². The summed E-state index contributed by atoms with van der Waals surface area (Å²) in [6, 6.07) is 0. The van der Waals surface area contributed by atoms with Crippen molar-refractivity contribution in [2.75, 3.05) is 5.75 Å². The number of alkyl halides is 2. The molecule has 0 fully saturated rings. The van der Waals surface area contributed by atoms with Gasteiger partial charge in [-0.1, -0.05) is 39.3 Å². The van der Waals surface area contributed by atoms with Crippen LogP contribution in [0.4, 0.5) is 0 Å². The zero-order chi connectivity index (χ0) is 11.8. The van der Waals surface area contributed by atoms with Crippen LogP contribution in [-0.4, -0.2) is 22.2 Å². The number of ketones is 1. The fourth-order valence-corrected chi connectivity index (χ4v) is 4.06. The van der Waals surface area contributed by atoms with Crippen LogP contribution < -0.4 is 0 Å². The molecule has 3 nitrogen and oxygen atoms in total. The average Bonchev–Trinajstić information content (AvgIpc) is 2.01. The lowest BCUT2D eigenvalue weighted by Crippen LogP contribution is -2.42. The number of carbonyl (C=O) groups excluding carboxylic acids is 1. The molecule has 1 unspecified atom stereocenters. The van der Waals surface area contributed by atoms with Crippen LogP contribution in [0.3, 0.4) is 0 Å². The minimum Gasteiger partial charge on any atom is -0.295 e. The number of halogens is 2. The average molecular weight is 353 g/mol. The van der Waals surface area contributed by atoms with Gasteiger partial charge >= 0.3 is 0 Å². The van der Waals surface area contributed by atoms with Crippen LogP contribution in [0.2, 0.25) is 0 Å². The molecule has 0 radical (unpaired) electrons.